The highest BCUT2D eigenvalue weighted by Gasteiger charge is 2.01. The largest absolute Gasteiger partial charge is 0.316 e. The van der Waals surface area contributed by atoms with E-state index in [2.05, 4.69) is 10.4 Å². The Kier molecular flexibility index (Phi) is 2.29. The molecule has 0 saturated heterocycles. The van der Waals surface area contributed by atoms with Gasteiger partial charge in [-0.15, -0.1) is 0 Å². The van der Waals surface area contributed by atoms with Crippen molar-refractivity contribution in [3.8, 4) is 0 Å². The molecule has 3 nitrogen and oxygen atoms in total. The molecule has 4 heteroatoms. The lowest BCUT2D eigenvalue weighted by Crippen LogP contribution is -2.04. The van der Waals surface area contributed by atoms with E-state index in [1.54, 1.807) is 4.68 Å². The third-order valence-corrected chi connectivity index (χ3v) is 1.54. The fourth-order valence-electron chi connectivity index (χ4n) is 0.819. The average Bonchev–Trinajstić information content (AvgIpc) is 2.13. The predicted molar refractivity (Wildman–Crippen MR) is 41.0 cm³/mol. The Bertz CT molecular complexity index is 219. The van der Waals surface area contributed by atoms with Gasteiger partial charge in [-0.2, -0.15) is 5.10 Å². The molecule has 1 heterocycles. The average molecular weight is 160 g/mol. The quantitative estimate of drug-likeness (QED) is 0.692. The van der Waals surface area contributed by atoms with Crippen molar-refractivity contribution in [1.82, 2.24) is 15.1 Å². The summed E-state index contributed by atoms with van der Waals surface area (Å²) in [6, 6.07) is 0. The Morgan fingerprint density at radius 1 is 1.80 bits per heavy atom. The third kappa shape index (κ3) is 1.49. The van der Waals surface area contributed by atoms with E-state index in [1.807, 2.05) is 20.3 Å². The zero-order chi connectivity index (χ0) is 7.56. The Hall–Kier alpha value is -0.540. The first-order chi connectivity index (χ1) is 4.74. The first kappa shape index (κ1) is 7.57. The molecule has 0 bridgehead atoms. The first-order valence-corrected chi connectivity index (χ1v) is 3.44. The van der Waals surface area contributed by atoms with Crippen molar-refractivity contribution in [3.63, 3.8) is 0 Å². The molecule has 56 valence electrons. The molecule has 1 N–H and O–H groups in total. The van der Waals surface area contributed by atoms with Crippen LogP contribution in [0.4, 0.5) is 0 Å². The summed E-state index contributed by atoms with van der Waals surface area (Å²) in [5.41, 5.74) is 1.03. The maximum atomic E-state index is 5.75. The highest BCUT2D eigenvalue weighted by molar-refractivity contribution is 6.30. The van der Waals surface area contributed by atoms with Crippen LogP contribution in [0.15, 0.2) is 6.20 Å². The van der Waals surface area contributed by atoms with Gasteiger partial charge in [0.05, 0.1) is 0 Å². The van der Waals surface area contributed by atoms with Crippen LogP contribution in [0, 0.1) is 0 Å². The number of aryl methyl sites for hydroxylation is 1. The molecule has 0 saturated carbocycles. The summed E-state index contributed by atoms with van der Waals surface area (Å²) in [7, 11) is 3.73. The van der Waals surface area contributed by atoms with Gasteiger partial charge in [0.25, 0.3) is 0 Å². The molecule has 1 rings (SSSR count). The van der Waals surface area contributed by atoms with Gasteiger partial charge in [-0.05, 0) is 7.05 Å². The van der Waals surface area contributed by atoms with Gasteiger partial charge in [0.1, 0.15) is 0 Å². The number of nitrogens with one attached hydrogen (secondary N) is 1. The van der Waals surface area contributed by atoms with E-state index in [-0.39, 0.29) is 0 Å². The molecule has 0 radical (unpaired) electrons. The van der Waals surface area contributed by atoms with E-state index >= 15 is 0 Å². The van der Waals surface area contributed by atoms with Crippen molar-refractivity contribution in [2.45, 2.75) is 6.54 Å². The lowest BCUT2D eigenvalue weighted by Gasteiger charge is -1.91. The number of nitrogens with zero attached hydrogens (tertiary/aromatic N) is 2. The predicted octanol–water partition coefficient (Wildman–Crippen LogP) is 0.793. The Morgan fingerprint density at radius 3 is 2.90 bits per heavy atom. The minimum atomic E-state index is 0.580. The summed E-state index contributed by atoms with van der Waals surface area (Å²) in [4.78, 5) is 0. The van der Waals surface area contributed by atoms with Gasteiger partial charge >= 0.3 is 0 Å². The SMILES string of the molecule is CNCc1cn(C)nc1Cl. The Morgan fingerprint density at radius 2 is 2.50 bits per heavy atom. The molecular formula is C6H10ClN3. The van der Waals surface area contributed by atoms with E-state index in [1.165, 1.54) is 0 Å². The molecule has 0 fully saturated rings. The molecule has 0 aliphatic rings. The topological polar surface area (TPSA) is 29.9 Å². The number of hydrogen-bond acceptors (Lipinski definition) is 2. The molecule has 0 aliphatic carbocycles. The maximum absolute atomic E-state index is 5.75. The third-order valence-electron chi connectivity index (χ3n) is 1.22. The van der Waals surface area contributed by atoms with Crippen LogP contribution in [0.1, 0.15) is 5.56 Å². The molecule has 10 heavy (non-hydrogen) atoms. The molecular weight excluding hydrogens is 150 g/mol. The maximum Gasteiger partial charge on any atom is 0.155 e. The fraction of sp³-hybridized carbons (Fsp3) is 0.500. The van der Waals surface area contributed by atoms with E-state index in [0.717, 1.165) is 12.1 Å². The zero-order valence-electron chi connectivity index (χ0n) is 6.06. The summed E-state index contributed by atoms with van der Waals surface area (Å²) < 4.78 is 1.70. The Balaban J connectivity index is 2.81. The highest BCUT2D eigenvalue weighted by Crippen LogP contribution is 2.11. The van der Waals surface area contributed by atoms with E-state index in [9.17, 15) is 0 Å². The number of aromatic nitrogens is 2. The van der Waals surface area contributed by atoms with E-state index in [0.29, 0.717) is 5.15 Å². The second-order valence-corrected chi connectivity index (χ2v) is 2.51. The van der Waals surface area contributed by atoms with Crippen molar-refractivity contribution >= 4 is 11.6 Å². The second kappa shape index (κ2) is 3.03. The van der Waals surface area contributed by atoms with Gasteiger partial charge in [-0.3, -0.25) is 4.68 Å². The van der Waals surface area contributed by atoms with Gasteiger partial charge in [-0.25, -0.2) is 0 Å². The number of halogens is 1. The van der Waals surface area contributed by atoms with Gasteiger partial charge in [0.2, 0.25) is 0 Å². The summed E-state index contributed by atoms with van der Waals surface area (Å²) in [5.74, 6) is 0. The standard InChI is InChI=1S/C6H10ClN3/c1-8-3-5-4-10(2)9-6(5)7/h4,8H,3H2,1-2H3. The molecule has 1 aromatic heterocycles. The minimum absolute atomic E-state index is 0.580. The van der Waals surface area contributed by atoms with Gasteiger partial charge < -0.3 is 5.32 Å². The second-order valence-electron chi connectivity index (χ2n) is 2.15. The van der Waals surface area contributed by atoms with Crippen LogP contribution in [0.2, 0.25) is 5.15 Å². The minimum Gasteiger partial charge on any atom is -0.316 e. The van der Waals surface area contributed by atoms with E-state index < -0.39 is 0 Å². The lowest BCUT2D eigenvalue weighted by molar-refractivity contribution is 0.764. The van der Waals surface area contributed by atoms with Crippen LogP contribution in [-0.2, 0) is 13.6 Å². The first-order valence-electron chi connectivity index (χ1n) is 3.06. The number of hydrogen-bond donors (Lipinski definition) is 1. The van der Waals surface area contributed by atoms with Crippen LogP contribution in [0.5, 0.6) is 0 Å². The van der Waals surface area contributed by atoms with Crippen molar-refractivity contribution in [2.24, 2.45) is 7.05 Å². The molecule has 0 aromatic carbocycles. The van der Waals surface area contributed by atoms with Gasteiger partial charge in [-0.1, -0.05) is 11.6 Å². The van der Waals surface area contributed by atoms with Crippen LogP contribution in [0.3, 0.4) is 0 Å². The van der Waals surface area contributed by atoms with Crippen molar-refractivity contribution in [2.75, 3.05) is 7.05 Å². The fourth-order valence-corrected chi connectivity index (χ4v) is 1.05. The van der Waals surface area contributed by atoms with Crippen LogP contribution < -0.4 is 5.32 Å². The monoisotopic (exact) mass is 159 g/mol. The summed E-state index contributed by atoms with van der Waals surface area (Å²) in [6.07, 6.45) is 1.90. The Labute approximate surface area is 65.0 Å². The van der Waals surface area contributed by atoms with E-state index in [4.69, 9.17) is 11.6 Å². The summed E-state index contributed by atoms with van der Waals surface area (Å²) >= 11 is 5.75. The molecule has 0 unspecified atom stereocenters. The molecule has 0 atom stereocenters. The summed E-state index contributed by atoms with van der Waals surface area (Å²) in [6.45, 7) is 0.771. The molecule has 1 aromatic rings. The van der Waals surface area contributed by atoms with Crippen LogP contribution in [0.25, 0.3) is 0 Å². The lowest BCUT2D eigenvalue weighted by atomic mass is 10.4. The highest BCUT2D eigenvalue weighted by atomic mass is 35.5. The summed E-state index contributed by atoms with van der Waals surface area (Å²) in [5, 5.41) is 7.55. The smallest absolute Gasteiger partial charge is 0.155 e. The van der Waals surface area contributed by atoms with Crippen LogP contribution >= 0.6 is 11.6 Å². The van der Waals surface area contributed by atoms with Gasteiger partial charge in [0, 0.05) is 25.4 Å². The normalized spacial score (nSPS) is 10.3. The van der Waals surface area contributed by atoms with Crippen molar-refractivity contribution in [1.29, 1.82) is 0 Å². The number of rotatable bonds is 2. The van der Waals surface area contributed by atoms with Crippen molar-refractivity contribution in [3.05, 3.63) is 16.9 Å². The molecule has 0 amide bonds. The zero-order valence-corrected chi connectivity index (χ0v) is 6.81. The molecule has 0 aliphatic heterocycles. The van der Waals surface area contributed by atoms with Crippen molar-refractivity contribution < 1.29 is 0 Å². The molecule has 0 spiro atoms. The van der Waals surface area contributed by atoms with Gasteiger partial charge in [0.15, 0.2) is 5.15 Å². The van der Waals surface area contributed by atoms with Crippen LogP contribution in [-0.4, -0.2) is 16.8 Å².